The zero-order valence-corrected chi connectivity index (χ0v) is 47.1. The van der Waals surface area contributed by atoms with E-state index >= 15 is 0 Å². The van der Waals surface area contributed by atoms with Gasteiger partial charge in [0.25, 0.3) is 0 Å². The summed E-state index contributed by atoms with van der Waals surface area (Å²) in [5.41, 5.74) is 0. The molecule has 1 aliphatic heterocycles. The molecule has 1 aliphatic rings. The van der Waals surface area contributed by atoms with Gasteiger partial charge in [0.1, 0.15) is 30.5 Å². The Bertz CT molecular complexity index is 1510. The van der Waals surface area contributed by atoms with Crippen molar-refractivity contribution in [3.63, 3.8) is 0 Å². The predicted octanol–water partition coefficient (Wildman–Crippen LogP) is 16.0. The van der Waals surface area contributed by atoms with Gasteiger partial charge in [-0.2, -0.15) is 0 Å². The van der Waals surface area contributed by atoms with Gasteiger partial charge in [0.2, 0.25) is 0 Å². The largest absolute Gasteiger partial charge is 0.457 e. The van der Waals surface area contributed by atoms with E-state index in [1.165, 1.54) is 116 Å². The van der Waals surface area contributed by atoms with Gasteiger partial charge in [-0.3, -0.25) is 4.79 Å². The first-order valence-corrected chi connectivity index (χ1v) is 30.0. The van der Waals surface area contributed by atoms with Crippen LogP contribution in [0.4, 0.5) is 0 Å². The second-order valence-electron chi connectivity index (χ2n) is 20.0. The molecule has 6 unspecified atom stereocenters. The first-order chi connectivity index (χ1) is 36.4. The van der Waals surface area contributed by atoms with Crippen LogP contribution >= 0.6 is 0 Å². The van der Waals surface area contributed by atoms with Crippen molar-refractivity contribution >= 4 is 5.97 Å². The number of aliphatic hydroxyl groups is 4. The van der Waals surface area contributed by atoms with Crippen LogP contribution in [-0.4, -0.2) is 89.6 Å². The molecule has 1 saturated heterocycles. The SMILES string of the molecule is CC/C=C\C/C=C\C/C=C\C/C=C\C/C=C\CCCCCCCCCCCC(=O)OC(COCCCCCCCCCCCCCCC/C=C\C/C=C\C/C=C\C/C=C\CC)COC1OC(CO)C(O)C(O)C1O. The van der Waals surface area contributed by atoms with Crippen LogP contribution in [0.3, 0.4) is 0 Å². The van der Waals surface area contributed by atoms with E-state index in [4.69, 9.17) is 18.9 Å². The fourth-order valence-electron chi connectivity index (χ4n) is 8.63. The van der Waals surface area contributed by atoms with Crippen molar-refractivity contribution in [1.82, 2.24) is 0 Å². The van der Waals surface area contributed by atoms with E-state index in [1.54, 1.807) is 0 Å². The first-order valence-electron chi connectivity index (χ1n) is 30.0. The maximum absolute atomic E-state index is 12.9. The Morgan fingerprint density at radius 1 is 0.432 bits per heavy atom. The number of aliphatic hydroxyl groups excluding tert-OH is 4. The molecule has 0 radical (unpaired) electrons. The molecule has 1 heterocycles. The second kappa shape index (κ2) is 54.6. The minimum Gasteiger partial charge on any atom is -0.457 e. The zero-order chi connectivity index (χ0) is 53.5. The third-order valence-electron chi connectivity index (χ3n) is 13.2. The molecule has 0 aromatic rings. The maximum atomic E-state index is 12.9. The Morgan fingerprint density at radius 2 is 0.784 bits per heavy atom. The summed E-state index contributed by atoms with van der Waals surface area (Å²) in [5.74, 6) is -0.322. The summed E-state index contributed by atoms with van der Waals surface area (Å²) in [6, 6.07) is 0. The van der Waals surface area contributed by atoms with Crippen LogP contribution < -0.4 is 0 Å². The molecular formula is C65H110O9. The summed E-state index contributed by atoms with van der Waals surface area (Å²) in [5, 5.41) is 40.4. The van der Waals surface area contributed by atoms with Crippen molar-refractivity contribution in [2.75, 3.05) is 26.4 Å². The molecule has 0 aliphatic carbocycles. The Balaban J connectivity index is 2.15. The molecule has 0 aromatic heterocycles. The number of allylic oxidation sites excluding steroid dienone is 18. The molecule has 0 spiro atoms. The van der Waals surface area contributed by atoms with Crippen molar-refractivity contribution in [2.24, 2.45) is 0 Å². The van der Waals surface area contributed by atoms with Crippen LogP contribution in [0.25, 0.3) is 0 Å². The molecule has 1 rings (SSSR count). The van der Waals surface area contributed by atoms with Crippen molar-refractivity contribution in [3.8, 4) is 0 Å². The van der Waals surface area contributed by atoms with Gasteiger partial charge in [0.15, 0.2) is 6.29 Å². The number of hydrogen-bond donors (Lipinski definition) is 4. The van der Waals surface area contributed by atoms with Gasteiger partial charge in [0, 0.05) is 13.0 Å². The third kappa shape index (κ3) is 44.0. The molecule has 0 bridgehead atoms. The summed E-state index contributed by atoms with van der Waals surface area (Å²) < 4.78 is 23.0. The van der Waals surface area contributed by atoms with Crippen molar-refractivity contribution in [3.05, 3.63) is 109 Å². The second-order valence-corrected chi connectivity index (χ2v) is 20.0. The highest BCUT2D eigenvalue weighted by Crippen LogP contribution is 2.23. The lowest BCUT2D eigenvalue weighted by Gasteiger charge is -2.39. The highest BCUT2D eigenvalue weighted by atomic mass is 16.7. The van der Waals surface area contributed by atoms with Crippen LogP contribution in [0, 0.1) is 0 Å². The van der Waals surface area contributed by atoms with E-state index in [0.29, 0.717) is 13.0 Å². The first kappa shape index (κ1) is 68.9. The standard InChI is InChI=1S/C65H110O9/c1-3-5-7-9-11-13-15-17-19-21-23-25-27-29-31-33-35-37-39-41-43-45-47-49-51-53-55-71-57-59(58-72-65-64(70)63(69)62(68)60(56-66)74-65)73-61(67)54-52-50-48-46-44-42-40-38-36-34-32-30-28-26-24-22-20-18-16-14-12-10-8-6-4-2/h5-8,11-14,17-20,23-26,30,32,59-60,62-66,68-70H,3-4,9-10,15-16,21-22,27-29,31,33-58H2,1-2H3/b7-5-,8-6-,13-11-,14-12-,19-17-,20-18-,25-23-,26-24-,32-30-. The molecule has 0 amide bonds. The summed E-state index contributed by atoms with van der Waals surface area (Å²) in [7, 11) is 0. The lowest BCUT2D eigenvalue weighted by molar-refractivity contribution is -0.305. The Kier molecular flexibility index (Phi) is 50.8. The van der Waals surface area contributed by atoms with E-state index in [1.807, 2.05) is 0 Å². The lowest BCUT2D eigenvalue weighted by Crippen LogP contribution is -2.59. The highest BCUT2D eigenvalue weighted by Gasteiger charge is 2.44. The fourth-order valence-corrected chi connectivity index (χ4v) is 8.63. The molecule has 4 N–H and O–H groups in total. The molecule has 0 aromatic carbocycles. The van der Waals surface area contributed by atoms with Gasteiger partial charge >= 0.3 is 5.97 Å². The zero-order valence-electron chi connectivity index (χ0n) is 47.1. The topological polar surface area (TPSA) is 135 Å². The van der Waals surface area contributed by atoms with Crippen LogP contribution in [0.1, 0.15) is 232 Å². The molecule has 9 heteroatoms. The number of hydrogen-bond acceptors (Lipinski definition) is 9. The smallest absolute Gasteiger partial charge is 0.306 e. The van der Waals surface area contributed by atoms with Gasteiger partial charge in [-0.15, -0.1) is 0 Å². The normalized spacial score (nSPS) is 19.4. The van der Waals surface area contributed by atoms with E-state index in [9.17, 15) is 25.2 Å². The van der Waals surface area contributed by atoms with Crippen molar-refractivity contribution in [1.29, 1.82) is 0 Å². The molecule has 0 saturated carbocycles. The fraction of sp³-hybridized carbons (Fsp3) is 0.708. The molecule has 9 nitrogen and oxygen atoms in total. The van der Waals surface area contributed by atoms with Crippen LogP contribution in [0.2, 0.25) is 0 Å². The monoisotopic (exact) mass is 1030 g/mol. The third-order valence-corrected chi connectivity index (χ3v) is 13.2. The van der Waals surface area contributed by atoms with E-state index < -0.39 is 43.4 Å². The van der Waals surface area contributed by atoms with Crippen molar-refractivity contribution < 1.29 is 44.2 Å². The summed E-state index contributed by atoms with van der Waals surface area (Å²) in [6.07, 6.45) is 71.3. The lowest BCUT2D eigenvalue weighted by atomic mass is 9.99. The van der Waals surface area contributed by atoms with E-state index in [2.05, 4.69) is 123 Å². The van der Waals surface area contributed by atoms with Gasteiger partial charge < -0.3 is 39.4 Å². The quantitative estimate of drug-likeness (QED) is 0.0267. The maximum Gasteiger partial charge on any atom is 0.306 e. The summed E-state index contributed by atoms with van der Waals surface area (Å²) in [6.45, 7) is 4.33. The number of carbonyl (C=O) groups is 1. The van der Waals surface area contributed by atoms with Gasteiger partial charge in [-0.25, -0.2) is 0 Å². The van der Waals surface area contributed by atoms with Crippen LogP contribution in [0.15, 0.2) is 109 Å². The van der Waals surface area contributed by atoms with E-state index in [-0.39, 0.29) is 19.2 Å². The molecule has 74 heavy (non-hydrogen) atoms. The van der Waals surface area contributed by atoms with E-state index in [0.717, 1.165) is 96.3 Å². The van der Waals surface area contributed by atoms with Gasteiger partial charge in [-0.1, -0.05) is 239 Å². The molecule has 6 atom stereocenters. The van der Waals surface area contributed by atoms with Crippen LogP contribution in [0.5, 0.6) is 0 Å². The Morgan fingerprint density at radius 3 is 1.18 bits per heavy atom. The minimum absolute atomic E-state index is 0.122. The van der Waals surface area contributed by atoms with Crippen molar-refractivity contribution in [2.45, 2.75) is 269 Å². The molecule has 424 valence electrons. The number of ether oxygens (including phenoxy) is 4. The predicted molar refractivity (Wildman–Crippen MR) is 311 cm³/mol. The summed E-state index contributed by atoms with van der Waals surface area (Å²) >= 11 is 0. The average molecular weight is 1040 g/mol. The number of carbonyl (C=O) groups excluding carboxylic acids is 1. The number of rotatable bonds is 51. The Hall–Kier alpha value is -3.15. The van der Waals surface area contributed by atoms with Crippen LogP contribution in [-0.2, 0) is 23.7 Å². The molecular weight excluding hydrogens is 925 g/mol. The summed E-state index contributed by atoms with van der Waals surface area (Å²) in [4.78, 5) is 12.9. The Labute approximate surface area is 453 Å². The van der Waals surface area contributed by atoms with Gasteiger partial charge in [-0.05, 0) is 96.3 Å². The van der Waals surface area contributed by atoms with Gasteiger partial charge in [0.05, 0.1) is 19.8 Å². The minimum atomic E-state index is -1.54. The number of unbranched alkanes of at least 4 members (excludes halogenated alkanes) is 22. The molecule has 1 fully saturated rings. The number of esters is 1. The highest BCUT2D eigenvalue weighted by molar-refractivity contribution is 5.69. The average Bonchev–Trinajstić information content (AvgIpc) is 3.40.